The van der Waals surface area contributed by atoms with Crippen molar-refractivity contribution in [3.05, 3.63) is 41.5 Å². The zero-order valence-electron chi connectivity index (χ0n) is 9.57. The Balaban J connectivity index is 2.31. The third kappa shape index (κ3) is 2.69. The van der Waals surface area contributed by atoms with E-state index in [0.29, 0.717) is 5.69 Å². The molecule has 0 spiro atoms. The first-order chi connectivity index (χ1) is 8.04. The van der Waals surface area contributed by atoms with Gasteiger partial charge in [0.25, 0.3) is 0 Å². The predicted molar refractivity (Wildman–Crippen MR) is 62.4 cm³/mol. The van der Waals surface area contributed by atoms with Crippen LogP contribution < -0.4 is 10.5 Å². The van der Waals surface area contributed by atoms with Gasteiger partial charge in [0, 0.05) is 23.1 Å². The first kappa shape index (κ1) is 11.3. The van der Waals surface area contributed by atoms with Crippen molar-refractivity contribution in [2.75, 3.05) is 5.73 Å². The van der Waals surface area contributed by atoms with Crippen molar-refractivity contribution in [2.45, 2.75) is 13.8 Å². The van der Waals surface area contributed by atoms with Gasteiger partial charge in [0.1, 0.15) is 0 Å². The number of halogens is 1. The quantitative estimate of drug-likeness (QED) is 0.810. The van der Waals surface area contributed by atoms with Gasteiger partial charge in [-0.15, -0.1) is 0 Å². The fourth-order valence-corrected chi connectivity index (χ4v) is 1.44. The molecule has 1 aromatic carbocycles. The summed E-state index contributed by atoms with van der Waals surface area (Å²) in [6.45, 7) is 3.64. The molecule has 0 fully saturated rings. The highest BCUT2D eigenvalue weighted by molar-refractivity contribution is 5.43. The smallest absolute Gasteiger partial charge is 0.322 e. The summed E-state index contributed by atoms with van der Waals surface area (Å²) < 4.78 is 18.7. The van der Waals surface area contributed by atoms with E-state index in [1.807, 2.05) is 19.9 Å². The fraction of sp³-hybridized carbons (Fsp3) is 0.167. The van der Waals surface area contributed by atoms with E-state index in [9.17, 15) is 4.39 Å². The first-order valence-corrected chi connectivity index (χ1v) is 5.10. The van der Waals surface area contributed by atoms with Gasteiger partial charge in [0.2, 0.25) is 0 Å². The monoisotopic (exact) mass is 233 g/mol. The summed E-state index contributed by atoms with van der Waals surface area (Å²) in [6.07, 6.45) is 0. The molecule has 0 bridgehead atoms. The molecule has 4 nitrogen and oxygen atoms in total. The third-order valence-electron chi connectivity index (χ3n) is 2.12. The number of aryl methyl sites for hydroxylation is 2. The van der Waals surface area contributed by atoms with Crippen LogP contribution in [0, 0.1) is 19.7 Å². The summed E-state index contributed by atoms with van der Waals surface area (Å²) in [4.78, 5) is 8.12. The molecule has 0 radical (unpaired) electrons. The molecule has 0 saturated heterocycles. The van der Waals surface area contributed by atoms with Gasteiger partial charge in [0.15, 0.2) is 11.6 Å². The molecule has 0 aliphatic carbocycles. The number of nitrogens with two attached hydrogens (primary N) is 1. The molecule has 1 heterocycles. The Morgan fingerprint density at radius 3 is 2.35 bits per heavy atom. The van der Waals surface area contributed by atoms with Crippen molar-refractivity contribution in [3.63, 3.8) is 0 Å². The van der Waals surface area contributed by atoms with Crippen molar-refractivity contribution >= 4 is 5.69 Å². The molecule has 0 unspecified atom stereocenters. The minimum atomic E-state index is -0.534. The van der Waals surface area contributed by atoms with Gasteiger partial charge in [-0.2, -0.15) is 0 Å². The highest BCUT2D eigenvalue weighted by atomic mass is 19.1. The molecule has 5 heteroatoms. The van der Waals surface area contributed by atoms with E-state index >= 15 is 0 Å². The topological polar surface area (TPSA) is 61.0 Å². The Kier molecular flexibility index (Phi) is 2.91. The number of aromatic nitrogens is 2. The maximum Gasteiger partial charge on any atom is 0.322 e. The summed E-state index contributed by atoms with van der Waals surface area (Å²) in [5.41, 5.74) is 7.32. The standard InChI is InChI=1S/C12H12FN3O/c1-7-5-8(2)16-12(15-7)17-11-4-3-9(14)6-10(11)13/h3-6H,14H2,1-2H3. The number of ether oxygens (including phenoxy) is 1. The van der Waals surface area contributed by atoms with Crippen LogP contribution in [0.1, 0.15) is 11.4 Å². The van der Waals surface area contributed by atoms with Crippen LogP contribution in [0.15, 0.2) is 24.3 Å². The Morgan fingerprint density at radius 2 is 1.76 bits per heavy atom. The highest BCUT2D eigenvalue weighted by Crippen LogP contribution is 2.23. The van der Waals surface area contributed by atoms with Crippen LogP contribution in [-0.4, -0.2) is 9.97 Å². The molecule has 2 aromatic rings. The van der Waals surface area contributed by atoms with Crippen LogP contribution in [0.25, 0.3) is 0 Å². The normalized spacial score (nSPS) is 10.3. The lowest BCUT2D eigenvalue weighted by Crippen LogP contribution is -1.97. The number of nitrogens with zero attached hydrogens (tertiary/aromatic N) is 2. The summed E-state index contributed by atoms with van der Waals surface area (Å²) >= 11 is 0. The van der Waals surface area contributed by atoms with Crippen LogP contribution in [0.5, 0.6) is 11.8 Å². The largest absolute Gasteiger partial charge is 0.421 e. The summed E-state index contributed by atoms with van der Waals surface area (Å²) in [5.74, 6) is -0.475. The molecule has 0 atom stereocenters. The average molecular weight is 233 g/mol. The lowest BCUT2D eigenvalue weighted by Gasteiger charge is -2.06. The van der Waals surface area contributed by atoms with Gasteiger partial charge in [0.05, 0.1) is 0 Å². The first-order valence-electron chi connectivity index (χ1n) is 5.10. The molecule has 17 heavy (non-hydrogen) atoms. The van der Waals surface area contributed by atoms with E-state index < -0.39 is 5.82 Å². The number of anilines is 1. The second-order valence-corrected chi connectivity index (χ2v) is 3.73. The Morgan fingerprint density at radius 1 is 1.12 bits per heavy atom. The molecule has 88 valence electrons. The number of nitrogen functional groups attached to an aromatic ring is 1. The molecule has 0 saturated carbocycles. The van der Waals surface area contributed by atoms with E-state index in [4.69, 9.17) is 10.5 Å². The Hall–Kier alpha value is -2.17. The zero-order chi connectivity index (χ0) is 12.4. The van der Waals surface area contributed by atoms with Crippen LogP contribution in [0.3, 0.4) is 0 Å². The molecule has 0 aliphatic rings. The Labute approximate surface area is 98.3 Å². The average Bonchev–Trinajstić information content (AvgIpc) is 2.21. The molecule has 0 aliphatic heterocycles. The van der Waals surface area contributed by atoms with E-state index in [-0.39, 0.29) is 11.8 Å². The van der Waals surface area contributed by atoms with Gasteiger partial charge >= 0.3 is 6.01 Å². The Bertz CT molecular complexity index is 537. The fourth-order valence-electron chi connectivity index (χ4n) is 1.44. The van der Waals surface area contributed by atoms with Crippen molar-refractivity contribution < 1.29 is 9.13 Å². The third-order valence-corrected chi connectivity index (χ3v) is 2.12. The zero-order valence-corrected chi connectivity index (χ0v) is 9.57. The number of hydrogen-bond acceptors (Lipinski definition) is 4. The van der Waals surface area contributed by atoms with Gasteiger partial charge in [-0.05, 0) is 32.0 Å². The SMILES string of the molecule is Cc1cc(C)nc(Oc2ccc(N)cc2F)n1. The van der Waals surface area contributed by atoms with Crippen molar-refractivity contribution in [3.8, 4) is 11.8 Å². The molecular formula is C12H12FN3O. The molecule has 1 aromatic heterocycles. The van der Waals surface area contributed by atoms with E-state index in [1.165, 1.54) is 12.1 Å². The number of benzene rings is 1. The highest BCUT2D eigenvalue weighted by Gasteiger charge is 2.07. The van der Waals surface area contributed by atoms with Gasteiger partial charge in [-0.1, -0.05) is 0 Å². The maximum absolute atomic E-state index is 13.5. The van der Waals surface area contributed by atoms with Crippen LogP contribution in [0.2, 0.25) is 0 Å². The number of rotatable bonds is 2. The molecule has 2 N–H and O–H groups in total. The summed E-state index contributed by atoms with van der Waals surface area (Å²) in [6, 6.07) is 6.14. The summed E-state index contributed by atoms with van der Waals surface area (Å²) in [7, 11) is 0. The molecular weight excluding hydrogens is 221 g/mol. The van der Waals surface area contributed by atoms with Crippen LogP contribution >= 0.6 is 0 Å². The minimum Gasteiger partial charge on any atom is -0.421 e. The van der Waals surface area contributed by atoms with Crippen molar-refractivity contribution in [1.29, 1.82) is 0 Å². The van der Waals surface area contributed by atoms with Crippen molar-refractivity contribution in [2.24, 2.45) is 0 Å². The second kappa shape index (κ2) is 4.37. The molecule has 2 rings (SSSR count). The van der Waals surface area contributed by atoms with Gasteiger partial charge in [-0.3, -0.25) is 0 Å². The minimum absolute atomic E-state index is 0.0594. The van der Waals surface area contributed by atoms with Crippen molar-refractivity contribution in [1.82, 2.24) is 9.97 Å². The maximum atomic E-state index is 13.5. The van der Waals surface area contributed by atoms with Crippen LogP contribution in [0.4, 0.5) is 10.1 Å². The van der Waals surface area contributed by atoms with E-state index in [1.54, 1.807) is 6.07 Å². The lowest BCUT2D eigenvalue weighted by molar-refractivity contribution is 0.409. The summed E-state index contributed by atoms with van der Waals surface area (Å²) in [5, 5.41) is 0. The lowest BCUT2D eigenvalue weighted by atomic mass is 10.3. The number of hydrogen-bond donors (Lipinski definition) is 1. The van der Waals surface area contributed by atoms with Gasteiger partial charge < -0.3 is 10.5 Å². The molecule has 0 amide bonds. The van der Waals surface area contributed by atoms with E-state index in [2.05, 4.69) is 9.97 Å². The van der Waals surface area contributed by atoms with Crippen LogP contribution in [-0.2, 0) is 0 Å². The van der Waals surface area contributed by atoms with Gasteiger partial charge in [-0.25, -0.2) is 14.4 Å². The predicted octanol–water partition coefficient (Wildman–Crippen LogP) is 2.61. The van der Waals surface area contributed by atoms with E-state index in [0.717, 1.165) is 11.4 Å². The second-order valence-electron chi connectivity index (χ2n) is 3.73.